The van der Waals surface area contributed by atoms with Crippen LogP contribution in [0.1, 0.15) is 22.5 Å². The fourth-order valence-corrected chi connectivity index (χ4v) is 4.69. The van der Waals surface area contributed by atoms with Gasteiger partial charge in [-0.2, -0.15) is 10.2 Å². The molecule has 6 nitrogen and oxygen atoms in total. The minimum Gasteiger partial charge on any atom is -0.358 e. The summed E-state index contributed by atoms with van der Waals surface area (Å²) < 4.78 is 17.9. The Morgan fingerprint density at radius 1 is 0.947 bits per heavy atom. The Hall–Kier alpha value is -4.01. The summed E-state index contributed by atoms with van der Waals surface area (Å²) in [5.41, 5.74) is 6.64. The van der Waals surface area contributed by atoms with E-state index in [0.717, 1.165) is 39.6 Å². The molecule has 0 unspecified atom stereocenters. The number of thiocarbonyl (C=S) groups is 1. The predicted molar refractivity (Wildman–Crippen MR) is 154 cm³/mol. The lowest BCUT2D eigenvalue weighted by Crippen LogP contribution is -2.28. The molecule has 2 N–H and O–H groups in total. The minimum absolute atomic E-state index is 0.221. The van der Waals surface area contributed by atoms with Crippen molar-refractivity contribution in [2.45, 2.75) is 26.9 Å². The maximum Gasteiger partial charge on any atom is 0.171 e. The second kappa shape index (κ2) is 11.2. The maximum absolute atomic E-state index is 14.3. The van der Waals surface area contributed by atoms with Crippen LogP contribution in [0.4, 0.5) is 10.1 Å². The van der Waals surface area contributed by atoms with Crippen LogP contribution in [0.25, 0.3) is 16.9 Å². The van der Waals surface area contributed by atoms with Crippen LogP contribution < -0.4 is 10.6 Å². The van der Waals surface area contributed by atoms with Gasteiger partial charge in [0.25, 0.3) is 0 Å². The third-order valence-electron chi connectivity index (χ3n) is 6.29. The molecule has 0 aliphatic rings. The summed E-state index contributed by atoms with van der Waals surface area (Å²) in [6.07, 6.45) is 2.01. The molecule has 0 saturated carbocycles. The smallest absolute Gasteiger partial charge is 0.171 e. The molecule has 0 bridgehead atoms. The molecule has 2 heterocycles. The van der Waals surface area contributed by atoms with Gasteiger partial charge in [0.2, 0.25) is 0 Å². The number of anilines is 1. The molecule has 3 aromatic carbocycles. The first-order valence-electron chi connectivity index (χ1n) is 12.1. The van der Waals surface area contributed by atoms with E-state index in [4.69, 9.17) is 28.9 Å². The first-order chi connectivity index (χ1) is 18.4. The summed E-state index contributed by atoms with van der Waals surface area (Å²) in [5, 5.41) is 16.8. The summed E-state index contributed by atoms with van der Waals surface area (Å²) in [6.45, 7) is 4.49. The number of hydrogen-bond acceptors (Lipinski definition) is 3. The van der Waals surface area contributed by atoms with Crippen LogP contribution >= 0.6 is 23.8 Å². The summed E-state index contributed by atoms with van der Waals surface area (Å²) in [7, 11) is 0. The zero-order valence-electron chi connectivity index (χ0n) is 21.0. The SMILES string of the molecule is Cc1nn(Cc2c(F)cccc2Cl)c(C)c1NC(=S)NCc1cn(-c2ccccc2)nc1-c1ccccc1. The van der Waals surface area contributed by atoms with Crippen LogP contribution in [0.15, 0.2) is 85.1 Å². The Morgan fingerprint density at radius 3 is 2.37 bits per heavy atom. The zero-order chi connectivity index (χ0) is 26.6. The van der Waals surface area contributed by atoms with E-state index in [-0.39, 0.29) is 12.4 Å². The summed E-state index contributed by atoms with van der Waals surface area (Å²) in [4.78, 5) is 0. The van der Waals surface area contributed by atoms with Crippen molar-refractivity contribution in [1.29, 1.82) is 0 Å². The Balaban J connectivity index is 1.33. The average Bonchev–Trinajstić information content (AvgIpc) is 3.47. The Kier molecular flexibility index (Phi) is 7.53. The first kappa shape index (κ1) is 25.6. The van der Waals surface area contributed by atoms with Gasteiger partial charge in [-0.05, 0) is 50.3 Å². The molecule has 0 saturated heterocycles. The van der Waals surface area contributed by atoms with E-state index >= 15 is 0 Å². The Morgan fingerprint density at radius 2 is 1.66 bits per heavy atom. The third kappa shape index (κ3) is 5.46. The number of benzene rings is 3. The zero-order valence-corrected chi connectivity index (χ0v) is 22.5. The third-order valence-corrected chi connectivity index (χ3v) is 6.89. The van der Waals surface area contributed by atoms with E-state index in [1.165, 1.54) is 6.07 Å². The normalized spacial score (nSPS) is 10.9. The van der Waals surface area contributed by atoms with E-state index in [2.05, 4.69) is 15.7 Å². The van der Waals surface area contributed by atoms with Gasteiger partial charge in [0.05, 0.1) is 35.0 Å². The van der Waals surface area contributed by atoms with Crippen molar-refractivity contribution < 1.29 is 4.39 Å². The van der Waals surface area contributed by atoms with E-state index < -0.39 is 0 Å². The molecule has 0 aliphatic heterocycles. The van der Waals surface area contributed by atoms with Crippen molar-refractivity contribution in [3.63, 3.8) is 0 Å². The highest BCUT2D eigenvalue weighted by atomic mass is 35.5. The molecule has 192 valence electrons. The van der Waals surface area contributed by atoms with Gasteiger partial charge < -0.3 is 10.6 Å². The number of nitrogens with one attached hydrogen (secondary N) is 2. The molecule has 0 fully saturated rings. The topological polar surface area (TPSA) is 59.7 Å². The van der Waals surface area contributed by atoms with E-state index in [1.807, 2.05) is 85.4 Å². The van der Waals surface area contributed by atoms with E-state index in [9.17, 15) is 4.39 Å². The largest absolute Gasteiger partial charge is 0.358 e. The monoisotopic (exact) mass is 544 g/mol. The molecule has 0 radical (unpaired) electrons. The molecule has 38 heavy (non-hydrogen) atoms. The highest BCUT2D eigenvalue weighted by Gasteiger charge is 2.17. The molecule has 9 heteroatoms. The van der Waals surface area contributed by atoms with Gasteiger partial charge in [0.15, 0.2) is 5.11 Å². The molecular weight excluding hydrogens is 519 g/mol. The molecule has 5 rings (SSSR count). The van der Waals surface area contributed by atoms with Gasteiger partial charge >= 0.3 is 0 Å². The van der Waals surface area contributed by atoms with Crippen LogP contribution in [0.3, 0.4) is 0 Å². The average molecular weight is 545 g/mol. The van der Waals surface area contributed by atoms with Crippen LogP contribution in [0, 0.1) is 19.7 Å². The van der Waals surface area contributed by atoms with Gasteiger partial charge in [-0.25, -0.2) is 9.07 Å². The lowest BCUT2D eigenvalue weighted by atomic mass is 10.1. The van der Waals surface area contributed by atoms with Crippen LogP contribution in [0.5, 0.6) is 0 Å². The maximum atomic E-state index is 14.3. The van der Waals surface area contributed by atoms with Gasteiger partial charge in [0.1, 0.15) is 5.82 Å². The summed E-state index contributed by atoms with van der Waals surface area (Å²) >= 11 is 11.9. The molecule has 2 aromatic heterocycles. The Labute approximate surface area is 231 Å². The number of rotatable bonds is 7. The molecule has 0 atom stereocenters. The van der Waals surface area contributed by atoms with Crippen LogP contribution in [0.2, 0.25) is 5.02 Å². The standard InChI is InChI=1S/C29H26ClFN6S/c1-19-27(20(2)36(34-19)18-24-25(30)14-9-15-26(24)31)33-29(38)32-16-22-17-37(23-12-7-4-8-13-23)35-28(22)21-10-5-3-6-11-21/h3-15,17H,16,18H2,1-2H3,(H2,32,33,38). The molecule has 5 aromatic rings. The van der Waals surface area contributed by atoms with Crippen molar-refractivity contribution in [1.82, 2.24) is 24.9 Å². The van der Waals surface area contributed by atoms with Crippen LogP contribution in [-0.4, -0.2) is 24.7 Å². The van der Waals surface area contributed by atoms with Crippen molar-refractivity contribution in [3.8, 4) is 16.9 Å². The van der Waals surface area contributed by atoms with Crippen molar-refractivity contribution in [2.24, 2.45) is 0 Å². The van der Waals surface area contributed by atoms with Gasteiger partial charge in [0, 0.05) is 34.5 Å². The lowest BCUT2D eigenvalue weighted by molar-refractivity contribution is 0.579. The minimum atomic E-state index is -0.359. The summed E-state index contributed by atoms with van der Waals surface area (Å²) in [6, 6.07) is 24.7. The Bertz CT molecular complexity index is 1560. The van der Waals surface area contributed by atoms with Gasteiger partial charge in [-0.15, -0.1) is 0 Å². The van der Waals surface area contributed by atoms with Gasteiger partial charge in [-0.1, -0.05) is 66.2 Å². The number of aromatic nitrogens is 4. The highest BCUT2D eigenvalue weighted by molar-refractivity contribution is 7.80. The first-order valence-corrected chi connectivity index (χ1v) is 12.9. The van der Waals surface area contributed by atoms with Crippen LogP contribution in [-0.2, 0) is 13.1 Å². The second-order valence-corrected chi connectivity index (χ2v) is 9.68. The number of hydrogen-bond donors (Lipinski definition) is 2. The molecule has 0 spiro atoms. The second-order valence-electron chi connectivity index (χ2n) is 8.86. The van der Waals surface area contributed by atoms with Crippen molar-refractivity contribution in [3.05, 3.63) is 118 Å². The lowest BCUT2D eigenvalue weighted by Gasteiger charge is -2.12. The van der Waals surface area contributed by atoms with E-state index in [1.54, 1.807) is 16.8 Å². The van der Waals surface area contributed by atoms with Crippen molar-refractivity contribution >= 4 is 34.6 Å². The molecule has 0 aliphatic carbocycles. The fourth-order valence-electron chi connectivity index (χ4n) is 4.29. The molecule has 0 amide bonds. The number of nitrogens with zero attached hydrogens (tertiary/aromatic N) is 4. The van der Waals surface area contributed by atoms with Gasteiger partial charge in [-0.3, -0.25) is 4.68 Å². The highest BCUT2D eigenvalue weighted by Crippen LogP contribution is 2.26. The number of aryl methyl sites for hydroxylation is 1. The number of para-hydroxylation sites is 1. The molecular formula is C29H26ClFN6S. The van der Waals surface area contributed by atoms with Crippen molar-refractivity contribution in [2.75, 3.05) is 5.32 Å². The summed E-state index contributed by atoms with van der Waals surface area (Å²) in [5.74, 6) is -0.359. The number of halogens is 2. The van der Waals surface area contributed by atoms with E-state index in [0.29, 0.717) is 22.2 Å². The predicted octanol–water partition coefficient (Wildman–Crippen LogP) is 6.68. The fraction of sp³-hybridized carbons (Fsp3) is 0.138. The quantitative estimate of drug-likeness (QED) is 0.224.